The molecule has 1 heterocycles. The van der Waals surface area contributed by atoms with E-state index in [2.05, 4.69) is 20.9 Å². The first kappa shape index (κ1) is 15.1. The molecule has 0 aliphatic rings. The summed E-state index contributed by atoms with van der Waals surface area (Å²) in [6.45, 7) is 0. The van der Waals surface area contributed by atoms with E-state index >= 15 is 0 Å². The number of hydrogen-bond donors (Lipinski definition) is 1. The summed E-state index contributed by atoms with van der Waals surface area (Å²) in [4.78, 5) is 5.12. The van der Waals surface area contributed by atoms with Gasteiger partial charge in [0, 0.05) is 6.07 Å². The molecule has 10 heteroatoms. The van der Waals surface area contributed by atoms with E-state index in [1.54, 1.807) is 0 Å². The molecule has 0 radical (unpaired) electrons. The number of aromatic amines is 1. The molecule has 0 aliphatic carbocycles. The van der Waals surface area contributed by atoms with Gasteiger partial charge in [-0.1, -0.05) is 0 Å². The summed E-state index contributed by atoms with van der Waals surface area (Å²) >= 11 is 2.77. The van der Waals surface area contributed by atoms with Crippen LogP contribution >= 0.6 is 15.9 Å². The second-order valence-electron chi connectivity index (χ2n) is 3.92. The Bertz CT molecular complexity index is 590. The van der Waals surface area contributed by atoms with Crippen molar-refractivity contribution in [3.63, 3.8) is 0 Å². The van der Waals surface area contributed by atoms with E-state index in [0.717, 1.165) is 12.1 Å². The van der Waals surface area contributed by atoms with Crippen LogP contribution in [0.25, 0.3) is 11.0 Å². The Balaban J connectivity index is 2.61. The lowest BCUT2D eigenvalue weighted by molar-refractivity contribution is -0.255. The minimum atomic E-state index is -5.55. The maximum absolute atomic E-state index is 13.2. The van der Waals surface area contributed by atoms with E-state index < -0.39 is 29.9 Å². The Morgan fingerprint density at radius 3 is 2.10 bits per heavy atom. The van der Waals surface area contributed by atoms with Gasteiger partial charge < -0.3 is 4.98 Å². The van der Waals surface area contributed by atoms with Crippen molar-refractivity contribution in [2.45, 2.75) is 18.3 Å². The van der Waals surface area contributed by atoms with E-state index in [4.69, 9.17) is 0 Å². The average molecular weight is 365 g/mol. The average Bonchev–Trinajstić information content (AvgIpc) is 2.55. The summed E-state index contributed by atoms with van der Waals surface area (Å²) in [6.07, 6.45) is -11.1. The molecule has 0 aliphatic heterocycles. The molecule has 2 nitrogen and oxygen atoms in total. The molecule has 110 valence electrons. The normalized spacial score (nSPS) is 13.4. The van der Waals surface area contributed by atoms with Gasteiger partial charge in [-0.05, 0) is 22.0 Å². The van der Waals surface area contributed by atoms with Crippen molar-refractivity contribution in [2.24, 2.45) is 0 Å². The highest BCUT2D eigenvalue weighted by Gasteiger charge is 2.59. The lowest BCUT2D eigenvalue weighted by atomic mass is 10.1. The van der Waals surface area contributed by atoms with Gasteiger partial charge in [0.2, 0.25) is 5.92 Å². The van der Waals surface area contributed by atoms with Crippen molar-refractivity contribution >= 4 is 27.0 Å². The van der Waals surface area contributed by atoms with Crippen molar-refractivity contribution in [3.05, 3.63) is 28.2 Å². The molecule has 1 aromatic heterocycles. The molecule has 0 bridgehead atoms. The fourth-order valence-electron chi connectivity index (χ4n) is 1.66. The SMILES string of the molecule is Fc1cc2[nH]c(C(C(F)(F)F)C(F)(F)F)nc2cc1Br. The van der Waals surface area contributed by atoms with Crippen LogP contribution in [0, 0.1) is 5.82 Å². The predicted molar refractivity (Wildman–Crippen MR) is 58.6 cm³/mol. The van der Waals surface area contributed by atoms with Crippen LogP contribution in [0.4, 0.5) is 30.7 Å². The fraction of sp³-hybridized carbons (Fsp3) is 0.300. The summed E-state index contributed by atoms with van der Waals surface area (Å²) in [7, 11) is 0. The van der Waals surface area contributed by atoms with Crippen LogP contribution in [0.15, 0.2) is 16.6 Å². The molecule has 1 aromatic carbocycles. The van der Waals surface area contributed by atoms with E-state index in [0.29, 0.717) is 0 Å². The molecule has 0 unspecified atom stereocenters. The van der Waals surface area contributed by atoms with Crippen LogP contribution in [0.2, 0.25) is 0 Å². The van der Waals surface area contributed by atoms with Crippen molar-refractivity contribution in [2.75, 3.05) is 0 Å². The molecule has 2 rings (SSSR count). The van der Waals surface area contributed by atoms with Crippen LogP contribution in [0.1, 0.15) is 11.7 Å². The highest BCUT2D eigenvalue weighted by Crippen LogP contribution is 2.45. The number of halogens is 8. The van der Waals surface area contributed by atoms with Gasteiger partial charge in [-0.15, -0.1) is 0 Å². The van der Waals surface area contributed by atoms with E-state index in [9.17, 15) is 30.7 Å². The minimum Gasteiger partial charge on any atom is -0.341 e. The van der Waals surface area contributed by atoms with Gasteiger partial charge in [-0.3, -0.25) is 0 Å². The minimum absolute atomic E-state index is 0.112. The standard InChI is InChI=1S/C10H4BrF7N2/c11-3-1-5-6(2-4(3)12)20-8(19-5)7(9(13,14)15)10(16,17)18/h1-2,7H,(H,19,20). The van der Waals surface area contributed by atoms with Crippen molar-refractivity contribution in [1.29, 1.82) is 0 Å². The third-order valence-electron chi connectivity index (χ3n) is 2.47. The molecule has 1 N–H and O–H groups in total. The number of rotatable bonds is 1. The number of aromatic nitrogens is 2. The first-order valence-corrected chi connectivity index (χ1v) is 5.77. The number of alkyl halides is 6. The number of imidazole rings is 1. The maximum atomic E-state index is 13.2. The van der Waals surface area contributed by atoms with Crippen LogP contribution in [0.5, 0.6) is 0 Å². The molecule has 0 atom stereocenters. The smallest absolute Gasteiger partial charge is 0.341 e. The molecular weight excluding hydrogens is 361 g/mol. The molecule has 0 saturated carbocycles. The van der Waals surface area contributed by atoms with Crippen LogP contribution in [-0.2, 0) is 0 Å². The molecule has 20 heavy (non-hydrogen) atoms. The van der Waals surface area contributed by atoms with Gasteiger partial charge in [0.1, 0.15) is 11.6 Å². The lowest BCUT2D eigenvalue weighted by Crippen LogP contribution is -2.34. The summed E-state index contributed by atoms with van der Waals surface area (Å²) in [6, 6.07) is 1.76. The van der Waals surface area contributed by atoms with Gasteiger partial charge in [0.05, 0.1) is 15.5 Å². The van der Waals surface area contributed by atoms with E-state index in [1.165, 1.54) is 0 Å². The molecule has 0 spiro atoms. The largest absolute Gasteiger partial charge is 0.407 e. The maximum Gasteiger partial charge on any atom is 0.407 e. The van der Waals surface area contributed by atoms with Crippen LogP contribution in [-0.4, -0.2) is 22.3 Å². The zero-order valence-electron chi connectivity index (χ0n) is 9.20. The summed E-state index contributed by atoms with van der Waals surface area (Å²) in [5.41, 5.74) is -0.453. The van der Waals surface area contributed by atoms with Crippen molar-refractivity contribution in [3.8, 4) is 0 Å². The fourth-order valence-corrected chi connectivity index (χ4v) is 1.99. The Hall–Kier alpha value is -1.32. The first-order valence-electron chi connectivity index (χ1n) is 4.98. The summed E-state index contributed by atoms with van der Waals surface area (Å²) in [5.74, 6) is -5.90. The van der Waals surface area contributed by atoms with Gasteiger partial charge >= 0.3 is 12.4 Å². The first-order chi connectivity index (χ1) is 9.00. The Labute approximate surface area is 115 Å². The van der Waals surface area contributed by atoms with Gasteiger partial charge in [-0.25, -0.2) is 9.37 Å². The second kappa shape index (κ2) is 4.61. The number of benzene rings is 1. The number of hydrogen-bond acceptors (Lipinski definition) is 1. The van der Waals surface area contributed by atoms with Gasteiger partial charge in [0.15, 0.2) is 0 Å². The highest BCUT2D eigenvalue weighted by molar-refractivity contribution is 9.10. The number of H-pyrrole nitrogens is 1. The van der Waals surface area contributed by atoms with Crippen molar-refractivity contribution < 1.29 is 30.7 Å². The predicted octanol–water partition coefficient (Wildman–Crippen LogP) is 4.67. The third kappa shape index (κ3) is 2.74. The van der Waals surface area contributed by atoms with Gasteiger partial charge in [-0.2, -0.15) is 26.3 Å². The zero-order valence-corrected chi connectivity index (χ0v) is 10.8. The molecule has 0 amide bonds. The lowest BCUT2D eigenvalue weighted by Gasteiger charge is -2.20. The molecule has 0 saturated heterocycles. The van der Waals surface area contributed by atoms with Crippen LogP contribution < -0.4 is 0 Å². The molecule has 2 aromatic rings. The highest BCUT2D eigenvalue weighted by atomic mass is 79.9. The number of nitrogens with one attached hydrogen (secondary N) is 1. The summed E-state index contributed by atoms with van der Waals surface area (Å²) < 4.78 is 88.2. The number of nitrogens with zero attached hydrogens (tertiary/aromatic N) is 1. The topological polar surface area (TPSA) is 28.7 Å². The Kier molecular flexibility index (Phi) is 3.47. The van der Waals surface area contributed by atoms with Gasteiger partial charge in [0.25, 0.3) is 0 Å². The van der Waals surface area contributed by atoms with E-state index in [1.807, 2.05) is 4.98 Å². The summed E-state index contributed by atoms with van der Waals surface area (Å²) in [5, 5.41) is 0. The quantitative estimate of drug-likeness (QED) is 0.731. The Morgan fingerprint density at radius 1 is 1.05 bits per heavy atom. The molecular formula is C10H4BrF7N2. The monoisotopic (exact) mass is 364 g/mol. The zero-order chi connectivity index (χ0) is 15.3. The molecule has 0 fully saturated rings. The number of fused-ring (bicyclic) bond motifs is 1. The second-order valence-corrected chi connectivity index (χ2v) is 4.78. The Morgan fingerprint density at radius 2 is 1.60 bits per heavy atom. The van der Waals surface area contributed by atoms with E-state index in [-0.39, 0.29) is 15.5 Å². The van der Waals surface area contributed by atoms with Crippen LogP contribution in [0.3, 0.4) is 0 Å². The van der Waals surface area contributed by atoms with Crippen molar-refractivity contribution in [1.82, 2.24) is 9.97 Å². The third-order valence-corrected chi connectivity index (χ3v) is 3.08.